The maximum absolute atomic E-state index is 11.1. The largest absolute Gasteiger partial charge is 0.481 e. The standard InChI is InChI=1S/C14H19NO3/c1-2-13(14(15)17)18-10-7-6-9-4-3-5-12(16)11(9)8-10/h6-8,12-13,16H,2-5H2,1H3,(H2,15,17)/t12-,13?/m0/s1. The minimum absolute atomic E-state index is 0.425. The zero-order valence-electron chi connectivity index (χ0n) is 10.6. The molecule has 4 nitrogen and oxygen atoms in total. The SMILES string of the molecule is CCC(Oc1ccc2c(c1)[C@@H](O)CCC2)C(N)=O. The van der Waals surface area contributed by atoms with Gasteiger partial charge >= 0.3 is 0 Å². The number of aliphatic hydroxyl groups excluding tert-OH is 1. The number of primary amides is 1. The normalized spacial score (nSPS) is 20.0. The predicted octanol–water partition coefficient (Wildman–Crippen LogP) is 1.70. The Hall–Kier alpha value is -1.55. The minimum Gasteiger partial charge on any atom is -0.481 e. The summed E-state index contributed by atoms with van der Waals surface area (Å²) in [7, 11) is 0. The van der Waals surface area contributed by atoms with Crippen molar-refractivity contribution in [1.29, 1.82) is 0 Å². The van der Waals surface area contributed by atoms with Crippen LogP contribution in [-0.4, -0.2) is 17.1 Å². The van der Waals surface area contributed by atoms with E-state index in [1.165, 1.54) is 0 Å². The first kappa shape index (κ1) is 12.9. The summed E-state index contributed by atoms with van der Waals surface area (Å²) in [5.41, 5.74) is 7.32. The van der Waals surface area contributed by atoms with E-state index >= 15 is 0 Å². The van der Waals surface area contributed by atoms with Crippen LogP contribution in [0.5, 0.6) is 5.75 Å². The van der Waals surface area contributed by atoms with Gasteiger partial charge < -0.3 is 15.6 Å². The summed E-state index contributed by atoms with van der Waals surface area (Å²) in [6.07, 6.45) is 2.28. The van der Waals surface area contributed by atoms with Crippen molar-refractivity contribution in [2.24, 2.45) is 5.73 Å². The number of benzene rings is 1. The highest BCUT2D eigenvalue weighted by Gasteiger charge is 2.20. The Balaban J connectivity index is 2.20. The van der Waals surface area contributed by atoms with Crippen LogP contribution in [0.1, 0.15) is 43.4 Å². The Morgan fingerprint density at radius 2 is 2.39 bits per heavy atom. The van der Waals surface area contributed by atoms with Crippen molar-refractivity contribution in [3.63, 3.8) is 0 Å². The van der Waals surface area contributed by atoms with Gasteiger partial charge in [-0.25, -0.2) is 0 Å². The molecule has 1 aromatic carbocycles. The summed E-state index contributed by atoms with van der Waals surface area (Å²) < 4.78 is 5.55. The average Bonchev–Trinajstić information content (AvgIpc) is 2.36. The Bertz CT molecular complexity index is 445. The molecule has 1 unspecified atom stereocenters. The van der Waals surface area contributed by atoms with E-state index < -0.39 is 18.1 Å². The van der Waals surface area contributed by atoms with Crippen LogP contribution in [0, 0.1) is 0 Å². The van der Waals surface area contributed by atoms with E-state index in [1.807, 2.05) is 25.1 Å². The molecule has 1 aromatic rings. The molecule has 0 fully saturated rings. The van der Waals surface area contributed by atoms with E-state index in [4.69, 9.17) is 10.5 Å². The number of fused-ring (bicyclic) bond motifs is 1. The highest BCUT2D eigenvalue weighted by atomic mass is 16.5. The van der Waals surface area contributed by atoms with Crippen LogP contribution in [0.3, 0.4) is 0 Å². The van der Waals surface area contributed by atoms with Gasteiger partial charge in [0.15, 0.2) is 6.10 Å². The van der Waals surface area contributed by atoms with Gasteiger partial charge in [0.25, 0.3) is 5.91 Å². The third kappa shape index (κ3) is 2.64. The van der Waals surface area contributed by atoms with Gasteiger partial charge in [0.1, 0.15) is 5.75 Å². The predicted molar refractivity (Wildman–Crippen MR) is 68.2 cm³/mol. The van der Waals surface area contributed by atoms with E-state index in [-0.39, 0.29) is 0 Å². The number of rotatable bonds is 4. The molecule has 18 heavy (non-hydrogen) atoms. The van der Waals surface area contributed by atoms with Gasteiger partial charge in [0, 0.05) is 0 Å². The topological polar surface area (TPSA) is 72.6 Å². The number of hydrogen-bond acceptors (Lipinski definition) is 3. The van der Waals surface area contributed by atoms with Crippen molar-refractivity contribution in [3.05, 3.63) is 29.3 Å². The Morgan fingerprint density at radius 3 is 3.06 bits per heavy atom. The van der Waals surface area contributed by atoms with Crippen molar-refractivity contribution in [2.45, 2.75) is 44.8 Å². The zero-order chi connectivity index (χ0) is 13.1. The number of carbonyl (C=O) groups excluding carboxylic acids is 1. The number of ether oxygens (including phenoxy) is 1. The minimum atomic E-state index is -0.608. The molecule has 1 amide bonds. The number of aliphatic hydroxyl groups is 1. The number of nitrogens with two attached hydrogens (primary N) is 1. The van der Waals surface area contributed by atoms with Gasteiger partial charge in [-0.2, -0.15) is 0 Å². The summed E-state index contributed by atoms with van der Waals surface area (Å²) >= 11 is 0. The molecular formula is C14H19NO3. The molecule has 3 N–H and O–H groups in total. The molecule has 0 bridgehead atoms. The van der Waals surface area contributed by atoms with Crippen molar-refractivity contribution < 1.29 is 14.6 Å². The molecule has 0 aromatic heterocycles. The molecule has 4 heteroatoms. The third-order valence-electron chi connectivity index (χ3n) is 3.37. The number of amides is 1. The van der Waals surface area contributed by atoms with Gasteiger partial charge in [-0.3, -0.25) is 4.79 Å². The van der Waals surface area contributed by atoms with Gasteiger partial charge in [-0.1, -0.05) is 13.0 Å². The summed E-state index contributed by atoms with van der Waals surface area (Å²) in [4.78, 5) is 11.1. The summed E-state index contributed by atoms with van der Waals surface area (Å²) in [6.45, 7) is 1.85. The molecular weight excluding hydrogens is 230 g/mol. The van der Waals surface area contributed by atoms with Crippen molar-refractivity contribution >= 4 is 5.91 Å². The fourth-order valence-corrected chi connectivity index (χ4v) is 2.33. The first-order valence-electron chi connectivity index (χ1n) is 6.38. The molecule has 98 valence electrons. The second-order valence-corrected chi connectivity index (χ2v) is 4.69. The molecule has 0 saturated heterocycles. The lowest BCUT2D eigenvalue weighted by Crippen LogP contribution is -2.33. The van der Waals surface area contributed by atoms with Gasteiger partial charge in [-0.15, -0.1) is 0 Å². The van der Waals surface area contributed by atoms with Crippen LogP contribution in [0.4, 0.5) is 0 Å². The molecule has 2 atom stereocenters. The zero-order valence-corrected chi connectivity index (χ0v) is 10.6. The summed E-state index contributed by atoms with van der Waals surface area (Å²) in [5.74, 6) is 0.135. The molecule has 0 radical (unpaired) electrons. The second-order valence-electron chi connectivity index (χ2n) is 4.69. The van der Waals surface area contributed by atoms with Gasteiger partial charge in [0.05, 0.1) is 6.10 Å². The van der Waals surface area contributed by atoms with E-state index in [1.54, 1.807) is 0 Å². The van der Waals surface area contributed by atoms with E-state index in [9.17, 15) is 9.90 Å². The summed E-state index contributed by atoms with van der Waals surface area (Å²) in [6, 6.07) is 5.62. The van der Waals surface area contributed by atoms with Crippen LogP contribution in [0.25, 0.3) is 0 Å². The number of hydrogen-bond donors (Lipinski definition) is 2. The van der Waals surface area contributed by atoms with E-state index in [2.05, 4.69) is 0 Å². The lowest BCUT2D eigenvalue weighted by atomic mass is 9.89. The number of aryl methyl sites for hydroxylation is 1. The van der Waals surface area contributed by atoms with Crippen molar-refractivity contribution in [2.75, 3.05) is 0 Å². The van der Waals surface area contributed by atoms with Crippen LogP contribution >= 0.6 is 0 Å². The molecule has 0 aliphatic heterocycles. The fraction of sp³-hybridized carbons (Fsp3) is 0.500. The summed E-state index contributed by atoms with van der Waals surface area (Å²) in [5, 5.41) is 9.94. The number of carbonyl (C=O) groups is 1. The first-order chi connectivity index (χ1) is 8.61. The van der Waals surface area contributed by atoms with E-state index in [0.717, 1.165) is 30.4 Å². The molecule has 0 saturated carbocycles. The molecule has 1 aliphatic rings. The first-order valence-corrected chi connectivity index (χ1v) is 6.38. The quantitative estimate of drug-likeness (QED) is 0.853. The Morgan fingerprint density at radius 1 is 1.61 bits per heavy atom. The molecule has 2 rings (SSSR count). The van der Waals surface area contributed by atoms with Crippen molar-refractivity contribution in [1.82, 2.24) is 0 Å². The fourth-order valence-electron chi connectivity index (χ4n) is 2.33. The van der Waals surface area contributed by atoms with Crippen LogP contribution < -0.4 is 10.5 Å². The monoisotopic (exact) mass is 249 g/mol. The smallest absolute Gasteiger partial charge is 0.258 e. The maximum Gasteiger partial charge on any atom is 0.258 e. The van der Waals surface area contributed by atoms with Crippen LogP contribution in [0.2, 0.25) is 0 Å². The highest BCUT2D eigenvalue weighted by molar-refractivity contribution is 5.79. The molecule has 1 aliphatic carbocycles. The average molecular weight is 249 g/mol. The Labute approximate surface area is 107 Å². The second kappa shape index (κ2) is 5.40. The Kier molecular flexibility index (Phi) is 3.87. The lowest BCUT2D eigenvalue weighted by molar-refractivity contribution is -0.124. The van der Waals surface area contributed by atoms with Gasteiger partial charge in [-0.05, 0) is 48.9 Å². The van der Waals surface area contributed by atoms with Crippen molar-refractivity contribution in [3.8, 4) is 5.75 Å². The molecule has 0 heterocycles. The van der Waals surface area contributed by atoms with E-state index in [0.29, 0.717) is 12.2 Å². The third-order valence-corrected chi connectivity index (χ3v) is 3.37. The lowest BCUT2D eigenvalue weighted by Gasteiger charge is -2.23. The highest BCUT2D eigenvalue weighted by Crippen LogP contribution is 2.32. The molecule has 0 spiro atoms. The maximum atomic E-state index is 11.1. The van der Waals surface area contributed by atoms with Gasteiger partial charge in [0.2, 0.25) is 0 Å². The van der Waals surface area contributed by atoms with Crippen LogP contribution in [-0.2, 0) is 11.2 Å². The van der Waals surface area contributed by atoms with Crippen LogP contribution in [0.15, 0.2) is 18.2 Å².